The average molecular weight is 214 g/mol. The molecule has 0 aliphatic rings. The van der Waals surface area contributed by atoms with Crippen molar-refractivity contribution in [2.24, 2.45) is 0 Å². The minimum Gasteiger partial charge on any atom is -0.484 e. The highest BCUT2D eigenvalue weighted by atomic mass is 79.9. The van der Waals surface area contributed by atoms with Gasteiger partial charge in [0.05, 0.1) is 0 Å². The van der Waals surface area contributed by atoms with Crippen molar-refractivity contribution >= 4 is 15.9 Å². The summed E-state index contributed by atoms with van der Waals surface area (Å²) < 4.78 is 6.43. The quantitative estimate of drug-likeness (QED) is 0.732. The van der Waals surface area contributed by atoms with Gasteiger partial charge < -0.3 is 4.74 Å². The third-order valence-electron chi connectivity index (χ3n) is 1.14. The molecule has 1 radical (unpaired) electrons. The number of hydrogen-bond acceptors (Lipinski definition) is 1. The van der Waals surface area contributed by atoms with Gasteiger partial charge in [0.15, 0.2) is 0 Å². The first-order chi connectivity index (χ1) is 5.18. The lowest BCUT2D eigenvalue weighted by atomic mass is 10.3. The Morgan fingerprint density at radius 1 is 1.18 bits per heavy atom. The van der Waals surface area contributed by atoms with Gasteiger partial charge in [0, 0.05) is 4.47 Å². The summed E-state index contributed by atoms with van der Waals surface area (Å²) in [6.45, 7) is 3.87. The van der Waals surface area contributed by atoms with Crippen molar-refractivity contribution in [3.05, 3.63) is 34.8 Å². The second-order valence-electron chi connectivity index (χ2n) is 2.46. The third-order valence-corrected chi connectivity index (χ3v) is 1.66. The molecule has 1 rings (SSSR count). The van der Waals surface area contributed by atoms with Crippen molar-refractivity contribution in [3.8, 4) is 5.75 Å². The molecule has 1 aromatic rings. The molecule has 0 aliphatic carbocycles. The summed E-state index contributed by atoms with van der Waals surface area (Å²) in [4.78, 5) is 0. The zero-order valence-corrected chi connectivity index (χ0v) is 8.18. The Morgan fingerprint density at radius 3 is 2.18 bits per heavy atom. The highest BCUT2D eigenvalue weighted by Gasteiger charge is 1.96. The van der Waals surface area contributed by atoms with Gasteiger partial charge in [-0.15, -0.1) is 0 Å². The van der Waals surface area contributed by atoms with Gasteiger partial charge in [-0.25, -0.2) is 0 Å². The molecule has 0 bridgehead atoms. The van der Waals surface area contributed by atoms with Crippen molar-refractivity contribution in [1.82, 2.24) is 0 Å². The van der Waals surface area contributed by atoms with Gasteiger partial charge in [0.25, 0.3) is 0 Å². The second-order valence-corrected chi connectivity index (χ2v) is 3.38. The summed E-state index contributed by atoms with van der Waals surface area (Å²) in [5, 5.41) is 0. The molecule has 0 fully saturated rings. The summed E-state index contributed by atoms with van der Waals surface area (Å²) in [5.74, 6) is 0.883. The van der Waals surface area contributed by atoms with Gasteiger partial charge in [0.1, 0.15) is 11.9 Å². The van der Waals surface area contributed by atoms with Crippen LogP contribution in [-0.4, -0.2) is 0 Å². The van der Waals surface area contributed by atoms with Gasteiger partial charge in [-0.2, -0.15) is 0 Å². The van der Waals surface area contributed by atoms with Crippen LogP contribution in [-0.2, 0) is 0 Å². The van der Waals surface area contributed by atoms with Gasteiger partial charge in [-0.3, -0.25) is 0 Å². The number of ether oxygens (including phenoxy) is 1. The largest absolute Gasteiger partial charge is 0.484 e. The van der Waals surface area contributed by atoms with Crippen LogP contribution in [0.5, 0.6) is 5.75 Å². The van der Waals surface area contributed by atoms with E-state index in [9.17, 15) is 0 Å². The van der Waals surface area contributed by atoms with Crippen LogP contribution in [0.4, 0.5) is 0 Å². The molecule has 0 aliphatic heterocycles. The van der Waals surface area contributed by atoms with Crippen LogP contribution >= 0.6 is 15.9 Å². The highest BCUT2D eigenvalue weighted by molar-refractivity contribution is 9.10. The van der Waals surface area contributed by atoms with E-state index in [0.29, 0.717) is 0 Å². The van der Waals surface area contributed by atoms with E-state index in [1.54, 1.807) is 0 Å². The summed E-state index contributed by atoms with van der Waals surface area (Å²) in [6, 6.07) is 7.77. The van der Waals surface area contributed by atoms with E-state index in [2.05, 4.69) is 15.9 Å². The van der Waals surface area contributed by atoms with Gasteiger partial charge in [-0.05, 0) is 38.1 Å². The molecule has 0 heterocycles. The zero-order valence-electron chi connectivity index (χ0n) is 6.60. The Morgan fingerprint density at radius 2 is 1.73 bits per heavy atom. The molecule has 59 valence electrons. The standard InChI is InChI=1S/C9H10BrO/c1-7(2)11-9-5-3-8(10)4-6-9/h3-6H,1-2H3. The first-order valence-corrected chi connectivity index (χ1v) is 4.21. The fourth-order valence-corrected chi connectivity index (χ4v) is 1.00. The van der Waals surface area contributed by atoms with Crippen LogP contribution < -0.4 is 4.74 Å². The van der Waals surface area contributed by atoms with Crippen molar-refractivity contribution in [1.29, 1.82) is 0 Å². The lowest BCUT2D eigenvalue weighted by molar-refractivity contribution is 0.345. The molecule has 11 heavy (non-hydrogen) atoms. The summed E-state index contributed by atoms with van der Waals surface area (Å²) in [5.41, 5.74) is 0. The van der Waals surface area contributed by atoms with Crippen molar-refractivity contribution in [2.75, 3.05) is 0 Å². The van der Waals surface area contributed by atoms with Gasteiger partial charge >= 0.3 is 0 Å². The Kier molecular flexibility index (Phi) is 2.94. The minimum absolute atomic E-state index is 0.883. The van der Waals surface area contributed by atoms with Crippen LogP contribution in [0.2, 0.25) is 0 Å². The van der Waals surface area contributed by atoms with Crippen molar-refractivity contribution in [3.63, 3.8) is 0 Å². The van der Waals surface area contributed by atoms with Crippen LogP contribution in [0.25, 0.3) is 0 Å². The molecular formula is C9H10BrO. The van der Waals surface area contributed by atoms with E-state index in [0.717, 1.165) is 16.3 Å². The summed E-state index contributed by atoms with van der Waals surface area (Å²) >= 11 is 3.35. The lowest BCUT2D eigenvalue weighted by Crippen LogP contribution is -1.95. The van der Waals surface area contributed by atoms with E-state index in [1.807, 2.05) is 38.1 Å². The number of hydrogen-bond donors (Lipinski definition) is 0. The number of benzene rings is 1. The minimum atomic E-state index is 0.883. The molecule has 0 aromatic heterocycles. The van der Waals surface area contributed by atoms with E-state index < -0.39 is 0 Å². The topological polar surface area (TPSA) is 9.23 Å². The molecule has 0 N–H and O–H groups in total. The zero-order chi connectivity index (χ0) is 8.27. The molecule has 0 saturated heterocycles. The maximum Gasteiger partial charge on any atom is 0.142 e. The third kappa shape index (κ3) is 2.93. The van der Waals surface area contributed by atoms with Crippen LogP contribution in [0.1, 0.15) is 13.8 Å². The Balaban J connectivity index is 2.66. The maximum absolute atomic E-state index is 5.36. The molecule has 0 amide bonds. The van der Waals surface area contributed by atoms with Crippen LogP contribution in [0, 0.1) is 6.10 Å². The predicted octanol–water partition coefficient (Wildman–Crippen LogP) is 3.40. The molecular weight excluding hydrogens is 204 g/mol. The smallest absolute Gasteiger partial charge is 0.142 e. The average Bonchev–Trinajstić information content (AvgIpc) is 1.93. The highest BCUT2D eigenvalue weighted by Crippen LogP contribution is 2.18. The van der Waals surface area contributed by atoms with Crippen molar-refractivity contribution in [2.45, 2.75) is 13.8 Å². The van der Waals surface area contributed by atoms with Crippen LogP contribution in [0.15, 0.2) is 28.7 Å². The monoisotopic (exact) mass is 213 g/mol. The van der Waals surface area contributed by atoms with Crippen LogP contribution in [0.3, 0.4) is 0 Å². The first kappa shape index (κ1) is 8.60. The van der Waals surface area contributed by atoms with Gasteiger partial charge in [0.2, 0.25) is 0 Å². The Hall–Kier alpha value is -0.500. The molecule has 1 aromatic carbocycles. The molecule has 0 spiro atoms. The predicted molar refractivity (Wildman–Crippen MR) is 49.4 cm³/mol. The molecule has 0 atom stereocenters. The normalized spacial score (nSPS) is 10.2. The Labute approximate surface area is 75.5 Å². The fraction of sp³-hybridized carbons (Fsp3) is 0.222. The van der Waals surface area contributed by atoms with E-state index >= 15 is 0 Å². The first-order valence-electron chi connectivity index (χ1n) is 3.42. The fourth-order valence-electron chi connectivity index (χ4n) is 0.738. The van der Waals surface area contributed by atoms with E-state index in [1.165, 1.54) is 0 Å². The Bertz CT molecular complexity index is 216. The summed E-state index contributed by atoms with van der Waals surface area (Å²) in [7, 11) is 0. The van der Waals surface area contributed by atoms with E-state index in [4.69, 9.17) is 4.74 Å². The van der Waals surface area contributed by atoms with Crippen molar-refractivity contribution < 1.29 is 4.74 Å². The number of rotatable bonds is 2. The molecule has 2 heteroatoms. The second kappa shape index (κ2) is 3.77. The van der Waals surface area contributed by atoms with Gasteiger partial charge in [-0.1, -0.05) is 15.9 Å². The molecule has 0 unspecified atom stereocenters. The SMILES string of the molecule is C[C](C)Oc1ccc(Br)cc1. The summed E-state index contributed by atoms with van der Waals surface area (Å²) in [6.07, 6.45) is 0.951. The molecule has 1 nitrogen and oxygen atoms in total. The number of halogens is 1. The lowest BCUT2D eigenvalue weighted by Gasteiger charge is -2.07. The maximum atomic E-state index is 5.36. The molecule has 0 saturated carbocycles. The van der Waals surface area contributed by atoms with E-state index in [-0.39, 0.29) is 0 Å².